The molecule has 2 heterocycles. The fourth-order valence-corrected chi connectivity index (χ4v) is 2.68. The molecular weight excluding hydrogens is 378 g/mol. The second-order valence-electron chi connectivity index (χ2n) is 6.80. The maximum atomic E-state index is 12.4. The van der Waals surface area contributed by atoms with Gasteiger partial charge < -0.3 is 15.5 Å². The molecule has 152 valence electrons. The summed E-state index contributed by atoms with van der Waals surface area (Å²) in [6.07, 6.45) is 1.66. The number of carboxylic acid groups (broad SMARTS) is 1. The minimum absolute atomic E-state index is 0.0970. The lowest BCUT2D eigenvalue weighted by atomic mass is 9.97. The van der Waals surface area contributed by atoms with E-state index in [9.17, 15) is 14.7 Å². The number of aliphatic hydroxyl groups is 1. The standard InChI is InChI=1S/C18H21N7O4/c1-11-14(21-23-20-11)9-25-10-15(22-24-25)12-3-5-13(6-4-12)16(27)19-18(2,7-8-26)17(28)29/h3-6,10,26H,7-9H2,1-2H3,(H,19,27)(H,28,29)(H,20,21,23). The number of rotatable bonds is 8. The van der Waals surface area contributed by atoms with Crippen molar-refractivity contribution in [2.75, 3.05) is 6.61 Å². The minimum atomic E-state index is -1.55. The van der Waals surface area contributed by atoms with Gasteiger partial charge in [-0.05, 0) is 26.0 Å². The number of carboxylic acids is 1. The molecule has 2 aromatic heterocycles. The van der Waals surface area contributed by atoms with Crippen LogP contribution in [0.2, 0.25) is 0 Å². The Kier molecular flexibility index (Phi) is 5.69. The molecule has 0 fully saturated rings. The van der Waals surface area contributed by atoms with Crippen LogP contribution in [0.25, 0.3) is 11.3 Å². The summed E-state index contributed by atoms with van der Waals surface area (Å²) in [7, 11) is 0. The highest BCUT2D eigenvalue weighted by Gasteiger charge is 2.34. The van der Waals surface area contributed by atoms with Crippen molar-refractivity contribution in [2.24, 2.45) is 0 Å². The van der Waals surface area contributed by atoms with E-state index in [1.165, 1.54) is 6.92 Å². The van der Waals surface area contributed by atoms with Crippen LogP contribution < -0.4 is 5.32 Å². The molecule has 0 saturated carbocycles. The Morgan fingerprint density at radius 1 is 1.24 bits per heavy atom. The third-order valence-corrected chi connectivity index (χ3v) is 4.59. The average molecular weight is 399 g/mol. The van der Waals surface area contributed by atoms with E-state index in [-0.39, 0.29) is 13.0 Å². The first-order valence-electron chi connectivity index (χ1n) is 8.86. The van der Waals surface area contributed by atoms with E-state index >= 15 is 0 Å². The lowest BCUT2D eigenvalue weighted by molar-refractivity contribution is -0.144. The van der Waals surface area contributed by atoms with Crippen molar-refractivity contribution in [1.29, 1.82) is 0 Å². The zero-order valence-corrected chi connectivity index (χ0v) is 16.0. The molecule has 4 N–H and O–H groups in total. The van der Waals surface area contributed by atoms with Gasteiger partial charge in [-0.25, -0.2) is 9.48 Å². The largest absolute Gasteiger partial charge is 0.480 e. The monoisotopic (exact) mass is 399 g/mol. The smallest absolute Gasteiger partial charge is 0.329 e. The van der Waals surface area contributed by atoms with Gasteiger partial charge in [0.25, 0.3) is 5.91 Å². The molecule has 0 spiro atoms. The van der Waals surface area contributed by atoms with Crippen molar-refractivity contribution in [2.45, 2.75) is 32.4 Å². The van der Waals surface area contributed by atoms with Gasteiger partial charge in [-0.1, -0.05) is 17.3 Å². The second kappa shape index (κ2) is 8.19. The first-order valence-corrected chi connectivity index (χ1v) is 8.86. The SMILES string of the molecule is Cc1n[nH]nc1Cn1cc(-c2ccc(C(=O)NC(C)(CCO)C(=O)O)cc2)nn1. The predicted octanol–water partition coefficient (Wildman–Crippen LogP) is 0.375. The molecule has 1 atom stereocenters. The normalized spacial score (nSPS) is 13.1. The number of aromatic amines is 1. The number of nitrogens with one attached hydrogen (secondary N) is 2. The fourth-order valence-electron chi connectivity index (χ4n) is 2.68. The van der Waals surface area contributed by atoms with Gasteiger partial charge in [0.2, 0.25) is 0 Å². The number of carbonyl (C=O) groups excluding carboxylic acids is 1. The van der Waals surface area contributed by atoms with E-state index in [0.717, 1.165) is 17.0 Å². The van der Waals surface area contributed by atoms with Crippen LogP contribution in [0, 0.1) is 6.92 Å². The number of amides is 1. The lowest BCUT2D eigenvalue weighted by Gasteiger charge is -2.25. The molecular formula is C18H21N7O4. The Morgan fingerprint density at radius 3 is 2.55 bits per heavy atom. The summed E-state index contributed by atoms with van der Waals surface area (Å²) in [4.78, 5) is 23.8. The van der Waals surface area contributed by atoms with Gasteiger partial charge in [0.15, 0.2) is 0 Å². The Labute approximate surface area is 165 Å². The van der Waals surface area contributed by atoms with Gasteiger partial charge in [-0.15, -0.1) is 5.10 Å². The average Bonchev–Trinajstić information content (AvgIpc) is 3.32. The van der Waals surface area contributed by atoms with Crippen molar-refractivity contribution in [3.63, 3.8) is 0 Å². The van der Waals surface area contributed by atoms with Crippen LogP contribution in [-0.2, 0) is 11.3 Å². The summed E-state index contributed by atoms with van der Waals surface area (Å²) in [6.45, 7) is 3.27. The van der Waals surface area contributed by atoms with Crippen LogP contribution >= 0.6 is 0 Å². The Balaban J connectivity index is 1.71. The Bertz CT molecular complexity index is 1010. The third kappa shape index (κ3) is 4.46. The molecule has 1 amide bonds. The van der Waals surface area contributed by atoms with E-state index in [4.69, 9.17) is 5.11 Å². The van der Waals surface area contributed by atoms with Gasteiger partial charge >= 0.3 is 5.97 Å². The minimum Gasteiger partial charge on any atom is -0.480 e. The molecule has 3 rings (SSSR count). The maximum Gasteiger partial charge on any atom is 0.329 e. The summed E-state index contributed by atoms with van der Waals surface area (Å²) < 4.78 is 1.63. The first kappa shape index (κ1) is 20.1. The number of hydrogen-bond acceptors (Lipinski definition) is 7. The quantitative estimate of drug-likeness (QED) is 0.423. The Hall–Kier alpha value is -3.60. The number of hydrogen-bond donors (Lipinski definition) is 4. The summed E-state index contributed by atoms with van der Waals surface area (Å²) in [5, 5.41) is 39.6. The summed E-state index contributed by atoms with van der Waals surface area (Å²) in [5.41, 5.74) is 1.66. The van der Waals surface area contributed by atoms with Crippen molar-refractivity contribution in [3.8, 4) is 11.3 Å². The highest BCUT2D eigenvalue weighted by Crippen LogP contribution is 2.18. The number of benzene rings is 1. The molecule has 3 aromatic rings. The van der Waals surface area contributed by atoms with Crippen LogP contribution in [0.5, 0.6) is 0 Å². The van der Waals surface area contributed by atoms with Crippen molar-refractivity contribution < 1.29 is 19.8 Å². The van der Waals surface area contributed by atoms with E-state index in [2.05, 4.69) is 31.0 Å². The van der Waals surface area contributed by atoms with E-state index in [1.807, 2.05) is 6.92 Å². The molecule has 0 aliphatic heterocycles. The van der Waals surface area contributed by atoms with Crippen LogP contribution in [0.3, 0.4) is 0 Å². The molecule has 29 heavy (non-hydrogen) atoms. The number of nitrogens with zero attached hydrogens (tertiary/aromatic N) is 5. The molecule has 1 unspecified atom stereocenters. The van der Waals surface area contributed by atoms with Crippen LogP contribution in [0.1, 0.15) is 35.1 Å². The lowest BCUT2D eigenvalue weighted by Crippen LogP contribution is -2.52. The van der Waals surface area contributed by atoms with Gasteiger partial charge in [-0.2, -0.15) is 15.4 Å². The second-order valence-corrected chi connectivity index (χ2v) is 6.80. The van der Waals surface area contributed by atoms with Gasteiger partial charge in [0, 0.05) is 24.2 Å². The van der Waals surface area contributed by atoms with Crippen LogP contribution in [0.4, 0.5) is 0 Å². The molecule has 0 radical (unpaired) electrons. The van der Waals surface area contributed by atoms with Crippen LogP contribution in [0.15, 0.2) is 30.5 Å². The van der Waals surface area contributed by atoms with Crippen LogP contribution in [-0.4, -0.2) is 64.6 Å². The summed E-state index contributed by atoms with van der Waals surface area (Å²) >= 11 is 0. The number of aryl methyl sites for hydroxylation is 1. The van der Waals surface area contributed by atoms with Gasteiger partial charge in [0.1, 0.15) is 16.9 Å². The predicted molar refractivity (Wildman–Crippen MR) is 101 cm³/mol. The zero-order chi connectivity index (χ0) is 21.0. The van der Waals surface area contributed by atoms with E-state index < -0.39 is 17.4 Å². The molecule has 0 saturated heterocycles. The van der Waals surface area contributed by atoms with Crippen molar-refractivity contribution in [1.82, 2.24) is 35.7 Å². The molecule has 0 aliphatic carbocycles. The summed E-state index contributed by atoms with van der Waals surface area (Å²) in [6, 6.07) is 6.56. The molecule has 0 bridgehead atoms. The molecule has 0 aliphatic rings. The summed E-state index contributed by atoms with van der Waals surface area (Å²) in [5.74, 6) is -1.75. The topological polar surface area (TPSA) is 159 Å². The van der Waals surface area contributed by atoms with Gasteiger partial charge in [0.05, 0.1) is 18.4 Å². The van der Waals surface area contributed by atoms with Gasteiger partial charge in [-0.3, -0.25) is 4.79 Å². The maximum absolute atomic E-state index is 12.4. The highest BCUT2D eigenvalue weighted by atomic mass is 16.4. The number of aromatic nitrogens is 6. The fraction of sp³-hybridized carbons (Fsp3) is 0.333. The first-order chi connectivity index (χ1) is 13.8. The Morgan fingerprint density at radius 2 is 1.97 bits per heavy atom. The number of H-pyrrole nitrogens is 1. The van der Waals surface area contributed by atoms with Crippen molar-refractivity contribution >= 4 is 11.9 Å². The number of carbonyl (C=O) groups is 2. The molecule has 1 aromatic carbocycles. The zero-order valence-electron chi connectivity index (χ0n) is 16.0. The van der Waals surface area contributed by atoms with Crippen molar-refractivity contribution in [3.05, 3.63) is 47.4 Å². The van der Waals surface area contributed by atoms with E-state index in [1.54, 1.807) is 35.1 Å². The number of aliphatic carboxylic acids is 1. The molecule has 11 heteroatoms. The number of aliphatic hydroxyl groups excluding tert-OH is 1. The molecule has 11 nitrogen and oxygen atoms in total. The highest BCUT2D eigenvalue weighted by molar-refractivity contribution is 5.98. The third-order valence-electron chi connectivity index (χ3n) is 4.59. The van der Waals surface area contributed by atoms with E-state index in [0.29, 0.717) is 17.8 Å².